The lowest BCUT2D eigenvalue weighted by Gasteiger charge is -2.27. The fourth-order valence-corrected chi connectivity index (χ4v) is 4.17. The SMILES string of the molecule is CC(C)(C)c1cnccc1CN1CN(c2ccc(OC(F)(F)F)cc2)CC12CC2. The van der Waals surface area contributed by atoms with E-state index in [4.69, 9.17) is 0 Å². The van der Waals surface area contributed by atoms with Crippen molar-refractivity contribution in [1.82, 2.24) is 9.88 Å². The number of aromatic nitrogens is 1. The van der Waals surface area contributed by atoms with Crippen molar-refractivity contribution in [1.29, 1.82) is 0 Å². The molecule has 2 heterocycles. The van der Waals surface area contributed by atoms with E-state index in [2.05, 4.69) is 46.4 Å². The molecule has 0 unspecified atom stereocenters. The molecule has 2 aromatic rings. The normalized spacial score (nSPS) is 19.0. The van der Waals surface area contributed by atoms with E-state index in [0.717, 1.165) is 38.3 Å². The van der Waals surface area contributed by atoms with Crippen LogP contribution in [0.2, 0.25) is 0 Å². The van der Waals surface area contributed by atoms with Crippen molar-refractivity contribution in [2.24, 2.45) is 0 Å². The van der Waals surface area contributed by atoms with Gasteiger partial charge in [0.1, 0.15) is 5.75 Å². The van der Waals surface area contributed by atoms with E-state index in [1.54, 1.807) is 12.1 Å². The smallest absolute Gasteiger partial charge is 0.406 e. The molecule has 2 aliphatic rings. The average molecular weight is 405 g/mol. The largest absolute Gasteiger partial charge is 0.573 e. The fourth-order valence-electron chi connectivity index (χ4n) is 4.17. The lowest BCUT2D eigenvalue weighted by atomic mass is 9.85. The first kappa shape index (κ1) is 20.0. The first-order chi connectivity index (χ1) is 13.6. The third-order valence-corrected chi connectivity index (χ3v) is 5.84. The highest BCUT2D eigenvalue weighted by Gasteiger charge is 2.53. The Hall–Kier alpha value is -2.28. The van der Waals surface area contributed by atoms with Crippen LogP contribution in [0.4, 0.5) is 18.9 Å². The van der Waals surface area contributed by atoms with Crippen molar-refractivity contribution in [2.45, 2.75) is 57.5 Å². The predicted octanol–water partition coefficient (Wildman–Crippen LogP) is 5.09. The Balaban J connectivity index is 1.50. The molecule has 0 amide bonds. The molecule has 1 spiro atoms. The van der Waals surface area contributed by atoms with Crippen molar-refractivity contribution >= 4 is 5.69 Å². The van der Waals surface area contributed by atoms with Gasteiger partial charge >= 0.3 is 6.36 Å². The number of hydrogen-bond donors (Lipinski definition) is 0. The summed E-state index contributed by atoms with van der Waals surface area (Å²) in [5, 5.41) is 0. The van der Waals surface area contributed by atoms with Crippen LogP contribution in [0, 0.1) is 0 Å². The molecular weight excluding hydrogens is 379 g/mol. The molecule has 1 aliphatic heterocycles. The minimum absolute atomic E-state index is 0.0219. The lowest BCUT2D eigenvalue weighted by molar-refractivity contribution is -0.274. The van der Waals surface area contributed by atoms with Crippen LogP contribution in [0.25, 0.3) is 0 Å². The highest BCUT2D eigenvalue weighted by Crippen LogP contribution is 2.48. The van der Waals surface area contributed by atoms with Gasteiger partial charge in [-0.05, 0) is 59.7 Å². The monoisotopic (exact) mass is 405 g/mol. The molecule has 4 rings (SSSR count). The Kier molecular flexibility index (Phi) is 4.76. The summed E-state index contributed by atoms with van der Waals surface area (Å²) in [6, 6.07) is 8.27. The minimum atomic E-state index is -4.67. The van der Waals surface area contributed by atoms with Crippen LogP contribution < -0.4 is 9.64 Å². The molecule has 0 atom stereocenters. The maximum Gasteiger partial charge on any atom is 0.573 e. The molecule has 156 valence electrons. The molecule has 1 aromatic carbocycles. The number of hydrogen-bond acceptors (Lipinski definition) is 4. The summed E-state index contributed by atoms with van der Waals surface area (Å²) in [5.74, 6) is -0.190. The Bertz CT molecular complexity index is 870. The number of pyridine rings is 1. The zero-order valence-corrected chi connectivity index (χ0v) is 17.0. The van der Waals surface area contributed by atoms with Crippen LogP contribution in [-0.2, 0) is 12.0 Å². The summed E-state index contributed by atoms with van der Waals surface area (Å²) in [6.45, 7) is 9.08. The van der Waals surface area contributed by atoms with Crippen LogP contribution in [0.1, 0.15) is 44.7 Å². The van der Waals surface area contributed by atoms with Gasteiger partial charge in [0.15, 0.2) is 0 Å². The van der Waals surface area contributed by atoms with Gasteiger partial charge in [-0.25, -0.2) is 0 Å². The number of rotatable bonds is 4. The van der Waals surface area contributed by atoms with Crippen molar-refractivity contribution in [3.05, 3.63) is 53.9 Å². The molecule has 2 fully saturated rings. The van der Waals surface area contributed by atoms with E-state index in [0.29, 0.717) is 0 Å². The van der Waals surface area contributed by atoms with Gasteiger partial charge in [0.05, 0.1) is 6.67 Å². The van der Waals surface area contributed by atoms with E-state index in [9.17, 15) is 13.2 Å². The van der Waals surface area contributed by atoms with Crippen molar-refractivity contribution in [2.75, 3.05) is 18.1 Å². The first-order valence-corrected chi connectivity index (χ1v) is 9.85. The second kappa shape index (κ2) is 6.90. The third-order valence-electron chi connectivity index (χ3n) is 5.84. The number of anilines is 1. The number of nitrogens with zero attached hydrogens (tertiary/aromatic N) is 3. The third kappa shape index (κ3) is 4.34. The van der Waals surface area contributed by atoms with Crippen molar-refractivity contribution in [3.63, 3.8) is 0 Å². The first-order valence-electron chi connectivity index (χ1n) is 9.85. The zero-order chi connectivity index (χ0) is 20.9. The summed E-state index contributed by atoms with van der Waals surface area (Å²) in [4.78, 5) is 9.05. The summed E-state index contributed by atoms with van der Waals surface area (Å²) < 4.78 is 41.1. The Morgan fingerprint density at radius 3 is 2.34 bits per heavy atom. The van der Waals surface area contributed by atoms with Crippen LogP contribution in [0.3, 0.4) is 0 Å². The molecular formula is C22H26F3N3O. The van der Waals surface area contributed by atoms with E-state index in [-0.39, 0.29) is 16.7 Å². The van der Waals surface area contributed by atoms with Gasteiger partial charge in [-0.1, -0.05) is 20.8 Å². The van der Waals surface area contributed by atoms with Crippen LogP contribution in [0.15, 0.2) is 42.7 Å². The van der Waals surface area contributed by atoms with Gasteiger partial charge in [0.25, 0.3) is 0 Å². The molecule has 4 nitrogen and oxygen atoms in total. The average Bonchev–Trinajstić information content (AvgIpc) is 3.31. The van der Waals surface area contributed by atoms with Gasteiger partial charge in [-0.15, -0.1) is 13.2 Å². The quantitative estimate of drug-likeness (QED) is 0.709. The standard InChI is InChI=1S/C22H26F3N3O/c1-20(2,3)19-12-26-11-8-16(19)13-28-15-27(14-21(28)9-10-21)17-4-6-18(7-5-17)29-22(23,24)25/h4-8,11-12H,9-10,13-15H2,1-3H3. The van der Waals surface area contributed by atoms with Crippen LogP contribution >= 0.6 is 0 Å². The molecule has 0 N–H and O–H groups in total. The van der Waals surface area contributed by atoms with E-state index in [1.165, 1.54) is 23.3 Å². The summed E-state index contributed by atoms with van der Waals surface area (Å²) in [6.07, 6.45) is 1.43. The van der Waals surface area contributed by atoms with Gasteiger partial charge in [0.2, 0.25) is 0 Å². The van der Waals surface area contributed by atoms with Crippen LogP contribution in [-0.4, -0.2) is 35.0 Å². The predicted molar refractivity (Wildman–Crippen MR) is 106 cm³/mol. The van der Waals surface area contributed by atoms with Gasteiger partial charge < -0.3 is 9.64 Å². The number of halogens is 3. The van der Waals surface area contributed by atoms with E-state index >= 15 is 0 Å². The molecule has 1 aliphatic carbocycles. The Morgan fingerprint density at radius 2 is 1.76 bits per heavy atom. The molecule has 1 aromatic heterocycles. The molecule has 0 radical (unpaired) electrons. The topological polar surface area (TPSA) is 28.6 Å². The molecule has 0 bridgehead atoms. The number of alkyl halides is 3. The summed E-state index contributed by atoms with van der Waals surface area (Å²) >= 11 is 0. The van der Waals surface area contributed by atoms with Gasteiger partial charge in [-0.2, -0.15) is 0 Å². The highest BCUT2D eigenvalue weighted by molar-refractivity contribution is 5.51. The Morgan fingerprint density at radius 1 is 1.07 bits per heavy atom. The van der Waals surface area contributed by atoms with Gasteiger partial charge in [-0.3, -0.25) is 9.88 Å². The molecule has 7 heteroatoms. The van der Waals surface area contributed by atoms with E-state index < -0.39 is 6.36 Å². The highest BCUT2D eigenvalue weighted by atomic mass is 19.4. The second-order valence-electron chi connectivity index (χ2n) is 9.09. The van der Waals surface area contributed by atoms with Crippen LogP contribution in [0.5, 0.6) is 5.75 Å². The maximum absolute atomic E-state index is 12.4. The van der Waals surface area contributed by atoms with Crippen molar-refractivity contribution in [3.8, 4) is 5.75 Å². The maximum atomic E-state index is 12.4. The number of benzene rings is 1. The molecule has 1 saturated heterocycles. The fraction of sp³-hybridized carbons (Fsp3) is 0.500. The van der Waals surface area contributed by atoms with E-state index in [1.807, 2.05) is 12.4 Å². The lowest BCUT2D eigenvalue weighted by Crippen LogP contribution is -2.33. The number of ether oxygens (including phenoxy) is 1. The van der Waals surface area contributed by atoms with Crippen molar-refractivity contribution < 1.29 is 17.9 Å². The van der Waals surface area contributed by atoms with Gasteiger partial charge in [0, 0.05) is 36.7 Å². The zero-order valence-electron chi connectivity index (χ0n) is 17.0. The summed E-state index contributed by atoms with van der Waals surface area (Å²) in [7, 11) is 0. The minimum Gasteiger partial charge on any atom is -0.406 e. The molecule has 29 heavy (non-hydrogen) atoms. The summed E-state index contributed by atoms with van der Waals surface area (Å²) in [5.41, 5.74) is 3.64. The second-order valence-corrected chi connectivity index (χ2v) is 9.09. The molecule has 1 saturated carbocycles. The Labute approximate surface area is 169 Å².